The fraction of sp³-hybridized carbons (Fsp3) is 0.625. The van der Waals surface area contributed by atoms with Crippen molar-refractivity contribution in [3.8, 4) is 0 Å². The van der Waals surface area contributed by atoms with E-state index >= 15 is 0 Å². The van der Waals surface area contributed by atoms with Crippen molar-refractivity contribution >= 4 is 41.6 Å². The van der Waals surface area contributed by atoms with Crippen molar-refractivity contribution in [1.29, 1.82) is 0 Å². The van der Waals surface area contributed by atoms with Crippen LogP contribution < -0.4 is 44.6 Å². The smallest absolute Gasteiger partial charge is 0.233 e. The van der Waals surface area contributed by atoms with Crippen LogP contribution in [-0.2, 0) is 0 Å². The fourth-order valence-corrected chi connectivity index (χ4v) is 4.57. The lowest BCUT2D eigenvalue weighted by molar-refractivity contribution is 0.556. The molecule has 0 atom stereocenters. The van der Waals surface area contributed by atoms with Crippen molar-refractivity contribution in [2.24, 2.45) is 0 Å². The van der Waals surface area contributed by atoms with Crippen LogP contribution in [0.2, 0.25) is 0 Å². The summed E-state index contributed by atoms with van der Waals surface area (Å²) in [6.07, 6.45) is 7.42. The van der Waals surface area contributed by atoms with Crippen LogP contribution in [0.25, 0.3) is 0 Å². The molecule has 0 unspecified atom stereocenters. The molecule has 1 aromatic carbocycles. The van der Waals surface area contributed by atoms with Gasteiger partial charge in [-0.3, -0.25) is 0 Å². The van der Waals surface area contributed by atoms with Crippen molar-refractivity contribution in [3.05, 3.63) is 23.8 Å². The summed E-state index contributed by atoms with van der Waals surface area (Å²) in [6, 6.07) is 6.57. The number of hydrogen-bond donors (Lipinski definition) is 5. The molecule has 2 aliphatic rings. The number of nitrogens with one attached hydrogen (secondary N) is 1. The number of rotatable bonds is 7. The highest BCUT2D eigenvalue weighted by Gasteiger charge is 2.20. The molecule has 3 heterocycles. The fourth-order valence-electron chi connectivity index (χ4n) is 4.57. The molecular formula is C24H58ClN11. The van der Waals surface area contributed by atoms with E-state index < -0.39 is 0 Å². The Bertz CT molecular complexity index is 850. The molecule has 0 aliphatic carbocycles. The predicted molar refractivity (Wildman–Crippen MR) is 166 cm³/mol. The zero-order chi connectivity index (χ0) is 21.6. The normalized spacial score (nSPS) is 14.6. The van der Waals surface area contributed by atoms with Crippen molar-refractivity contribution in [2.75, 3.05) is 59.3 Å². The third kappa shape index (κ3) is 8.59. The van der Waals surface area contributed by atoms with Gasteiger partial charge in [-0.2, -0.15) is 15.0 Å². The van der Waals surface area contributed by atoms with E-state index in [2.05, 4.69) is 59.0 Å². The second kappa shape index (κ2) is 17.1. The van der Waals surface area contributed by atoms with Crippen LogP contribution in [0.3, 0.4) is 0 Å². The van der Waals surface area contributed by atoms with Gasteiger partial charge in [0.15, 0.2) is 0 Å². The Kier molecular flexibility index (Phi) is 17.0. The molecule has 2 aliphatic heterocycles. The van der Waals surface area contributed by atoms with Crippen LogP contribution in [0.4, 0.5) is 29.2 Å². The molecule has 216 valence electrons. The lowest BCUT2D eigenvalue weighted by atomic mass is 10.1. The van der Waals surface area contributed by atoms with Gasteiger partial charge in [0.25, 0.3) is 0 Å². The van der Waals surface area contributed by atoms with Gasteiger partial charge in [-0.1, -0.05) is 0 Å². The van der Waals surface area contributed by atoms with Gasteiger partial charge in [0.2, 0.25) is 17.8 Å². The van der Waals surface area contributed by atoms with E-state index in [0.717, 1.165) is 56.9 Å². The molecule has 0 radical (unpaired) electrons. The largest absolute Gasteiger partial charge is 0.372 e. The zero-order valence-electron chi connectivity index (χ0n) is 22.6. The van der Waals surface area contributed by atoms with Gasteiger partial charge in [0, 0.05) is 56.3 Å². The van der Waals surface area contributed by atoms with E-state index in [1.54, 1.807) is 0 Å². The maximum Gasteiger partial charge on any atom is 0.233 e. The molecule has 36 heavy (non-hydrogen) atoms. The van der Waals surface area contributed by atoms with Crippen LogP contribution in [0.15, 0.2) is 18.2 Å². The number of anilines is 5. The van der Waals surface area contributed by atoms with Crippen LogP contribution >= 0.6 is 12.4 Å². The summed E-state index contributed by atoms with van der Waals surface area (Å²) in [5.41, 5.74) is 3.51. The topological polar surface area (TPSA) is 200 Å². The quantitative estimate of drug-likeness (QED) is 0.249. The van der Waals surface area contributed by atoms with Gasteiger partial charge in [-0.25, -0.2) is 0 Å². The number of nitrogens with zero attached hydrogens (tertiary/aromatic N) is 6. The molecular weight excluding hydrogens is 478 g/mol. The maximum absolute atomic E-state index is 4.89. The second-order valence-electron chi connectivity index (χ2n) is 8.65. The van der Waals surface area contributed by atoms with E-state index in [9.17, 15) is 0 Å². The number of piperidine rings is 2. The molecule has 0 spiro atoms. The van der Waals surface area contributed by atoms with E-state index in [-0.39, 0.29) is 42.7 Å². The first kappa shape index (κ1) is 35.7. The lowest BCUT2D eigenvalue weighted by Crippen LogP contribution is -2.34. The Morgan fingerprint density at radius 2 is 1.25 bits per heavy atom. The van der Waals surface area contributed by atoms with Crippen LogP contribution in [0.1, 0.15) is 63.6 Å². The van der Waals surface area contributed by atoms with Crippen LogP contribution in [0, 0.1) is 6.92 Å². The van der Waals surface area contributed by atoms with E-state index in [1.807, 2.05) is 0 Å². The summed E-state index contributed by atoms with van der Waals surface area (Å²) < 4.78 is 0. The highest BCUT2D eigenvalue weighted by atomic mass is 35.5. The van der Waals surface area contributed by atoms with Gasteiger partial charge in [0.05, 0.1) is 0 Å². The molecule has 4 rings (SSSR count). The monoisotopic (exact) mass is 535 g/mol. The minimum absolute atomic E-state index is 0. The molecule has 2 aromatic rings. The Balaban J connectivity index is -0.000000321. The molecule has 2 saturated heterocycles. The molecule has 11 nitrogen and oxygen atoms in total. The van der Waals surface area contributed by atoms with Crippen LogP contribution in [0.5, 0.6) is 0 Å². The maximum atomic E-state index is 4.89. The average Bonchev–Trinajstić information content (AvgIpc) is 2.82. The predicted octanol–water partition coefficient (Wildman–Crippen LogP) is 6.80. The number of halogens is 1. The SMILES string of the molecule is CCN(CC)c1ccc(Nc2nc(N3CCCCC3)nc(N3CCCCC3)n2)c(C)c1.Cl.N.N.N.N.[HH].[HH].[HH].[HH]. The van der Waals surface area contributed by atoms with Gasteiger partial charge < -0.3 is 44.6 Å². The van der Waals surface area contributed by atoms with Crippen LogP contribution in [-0.4, -0.2) is 54.2 Å². The standard InChI is InChI=1S/C24H37N7.ClH.4H3N.4H2/c1-4-29(5-2)20-12-13-21(19(3)18-20)25-22-26-23(30-14-8-6-9-15-30)28-24(27-22)31-16-10-7-11-17-31;;;;;;;;;/h12-13,18H,4-11,14-17H2,1-3H3,(H,25,26,27,28);1H;4*1H3;4*1H. The first-order valence-electron chi connectivity index (χ1n) is 12.1. The Morgan fingerprint density at radius 1 is 0.778 bits per heavy atom. The second-order valence-corrected chi connectivity index (χ2v) is 8.65. The third-order valence-corrected chi connectivity index (χ3v) is 6.47. The first-order valence-corrected chi connectivity index (χ1v) is 12.1. The molecule has 12 heteroatoms. The number of aromatic nitrogens is 3. The Labute approximate surface area is 229 Å². The number of hydrogen-bond acceptors (Lipinski definition) is 11. The van der Waals surface area contributed by atoms with Gasteiger partial charge in [-0.05, 0) is 83.1 Å². The number of benzene rings is 1. The highest BCUT2D eigenvalue weighted by molar-refractivity contribution is 5.85. The summed E-state index contributed by atoms with van der Waals surface area (Å²) in [6.45, 7) is 12.7. The molecule has 13 N–H and O–H groups in total. The van der Waals surface area contributed by atoms with E-state index in [0.29, 0.717) is 5.95 Å². The van der Waals surface area contributed by atoms with Crippen molar-refractivity contribution in [2.45, 2.75) is 59.3 Å². The summed E-state index contributed by atoms with van der Waals surface area (Å²) in [5.74, 6) is 2.28. The van der Waals surface area contributed by atoms with Crippen molar-refractivity contribution < 1.29 is 5.71 Å². The summed E-state index contributed by atoms with van der Waals surface area (Å²) in [5, 5.41) is 3.50. The van der Waals surface area contributed by atoms with Gasteiger partial charge in [0.1, 0.15) is 0 Å². The average molecular weight is 536 g/mol. The molecule has 0 amide bonds. The summed E-state index contributed by atoms with van der Waals surface area (Å²) >= 11 is 0. The van der Waals surface area contributed by atoms with Gasteiger partial charge >= 0.3 is 0 Å². The minimum Gasteiger partial charge on any atom is -0.372 e. The molecule has 2 fully saturated rings. The highest BCUT2D eigenvalue weighted by Crippen LogP contribution is 2.27. The molecule has 0 saturated carbocycles. The zero-order valence-corrected chi connectivity index (χ0v) is 23.5. The Morgan fingerprint density at radius 3 is 1.67 bits per heavy atom. The summed E-state index contributed by atoms with van der Waals surface area (Å²) in [7, 11) is 0. The lowest BCUT2D eigenvalue weighted by Gasteiger charge is -2.30. The molecule has 1 aromatic heterocycles. The van der Waals surface area contributed by atoms with E-state index in [1.165, 1.54) is 49.8 Å². The van der Waals surface area contributed by atoms with E-state index in [4.69, 9.17) is 15.0 Å². The third-order valence-electron chi connectivity index (χ3n) is 6.47. The molecule has 0 bridgehead atoms. The van der Waals surface area contributed by atoms with Crippen molar-refractivity contribution in [3.63, 3.8) is 0 Å². The van der Waals surface area contributed by atoms with Gasteiger partial charge in [-0.15, -0.1) is 12.4 Å². The number of aryl methyl sites for hydroxylation is 1. The minimum atomic E-state index is 0. The summed E-state index contributed by atoms with van der Waals surface area (Å²) in [4.78, 5) is 21.6. The van der Waals surface area contributed by atoms with Crippen molar-refractivity contribution in [1.82, 2.24) is 39.6 Å². The Hall–Kier alpha value is -2.44. The first-order chi connectivity index (χ1) is 15.2.